The minimum atomic E-state index is 0. The molecule has 0 fully saturated rings. The molecule has 0 aromatic carbocycles. The van der Waals surface area contributed by atoms with Crippen LogP contribution < -0.4 is 18.9 Å². The minimum absolute atomic E-state index is 0. The molecule has 0 N–H and O–H groups in total. The maximum atomic E-state index is 4.79. The summed E-state index contributed by atoms with van der Waals surface area (Å²) in [5, 5.41) is 0. The molecule has 3 heteroatoms. The summed E-state index contributed by atoms with van der Waals surface area (Å²) in [6, 6.07) is 0. The van der Waals surface area contributed by atoms with Crippen LogP contribution in [0.15, 0.2) is 0 Å². The Morgan fingerprint density at radius 1 is 1.80 bits per heavy atom. The first-order chi connectivity index (χ1) is 1.91. The fourth-order valence-electron chi connectivity index (χ4n) is 0. The van der Waals surface area contributed by atoms with Crippen LogP contribution in [0.2, 0.25) is 0 Å². The summed E-state index contributed by atoms with van der Waals surface area (Å²) in [5.41, 5.74) is 0. The zero-order chi connectivity index (χ0) is 3.41. The zero-order valence-corrected chi connectivity index (χ0v) is 3.12. The minimum Gasteiger partial charge on any atom is -0.665 e. The summed E-state index contributed by atoms with van der Waals surface area (Å²) in [5.74, 6) is 0. The van der Waals surface area contributed by atoms with Gasteiger partial charge in [0.2, 0.25) is 16.6 Å². The fraction of sp³-hybridized carbons (Fsp3) is 1.00. The van der Waals surface area contributed by atoms with E-state index >= 15 is 0 Å². The van der Waals surface area contributed by atoms with Crippen molar-refractivity contribution in [1.82, 2.24) is 0 Å². The first-order valence-electron chi connectivity index (χ1n) is 0.996. The van der Waals surface area contributed by atoms with E-state index in [2.05, 4.69) is 0 Å². The van der Waals surface area contributed by atoms with Crippen LogP contribution in [-0.2, 0) is 3.79 Å². The zero-order valence-electron chi connectivity index (χ0n) is 3.12. The first-order valence-corrected chi connectivity index (χ1v) is 0.996. The molecule has 0 aliphatic carbocycles. The fourth-order valence-corrected chi connectivity index (χ4v) is 0. The maximum Gasteiger partial charge on any atom is 1.00 e. The van der Waals surface area contributed by atoms with E-state index in [1.54, 1.807) is 0 Å². The summed E-state index contributed by atoms with van der Waals surface area (Å²) in [4.78, 5) is 0. The van der Waals surface area contributed by atoms with Gasteiger partial charge >= 0.3 is 18.9 Å². The molecule has 0 aromatic heterocycles. The third-order valence-electron chi connectivity index (χ3n) is 0. The summed E-state index contributed by atoms with van der Waals surface area (Å²) in [6.45, 7) is 2.95. The monoisotopic (exact) mass is 82.1 g/mol. The summed E-state index contributed by atoms with van der Waals surface area (Å²) >= 11 is 0.257. The molecule has 1 nitrogen and oxygen atoms in total. The molecule has 0 radical (unpaired) electrons. The maximum absolute atomic E-state index is 4.79. The molecule has 0 heterocycles. The van der Waals surface area contributed by atoms with Gasteiger partial charge in [-0.25, -0.2) is 0 Å². The van der Waals surface area contributed by atoms with Gasteiger partial charge in [-0.15, -0.1) is 0 Å². The van der Waals surface area contributed by atoms with Crippen LogP contribution in [0.1, 0.15) is 6.92 Å². The Balaban J connectivity index is 0. The van der Waals surface area contributed by atoms with Crippen LogP contribution in [0.3, 0.4) is 0 Å². The van der Waals surface area contributed by atoms with Gasteiger partial charge in [-0.3, -0.25) is 0 Å². The van der Waals surface area contributed by atoms with Crippen molar-refractivity contribution in [3.63, 3.8) is 0 Å². The van der Waals surface area contributed by atoms with Gasteiger partial charge in [0.15, 0.2) is 0 Å². The first kappa shape index (κ1) is 9.43. The summed E-state index contributed by atoms with van der Waals surface area (Å²) < 4.78 is 4.79. The van der Waals surface area contributed by atoms with Crippen molar-refractivity contribution in [2.24, 2.45) is 0 Å². The summed E-state index contributed by atoms with van der Waals surface area (Å²) in [6.07, 6.45) is 0. The van der Waals surface area contributed by atoms with Crippen molar-refractivity contribution in [3.8, 4) is 0 Å². The average molecular weight is 82.0 g/mol. The Labute approximate surface area is 53.0 Å². The van der Waals surface area contributed by atoms with Gasteiger partial charge in [-0.2, -0.15) is 0 Å². The van der Waals surface area contributed by atoms with Crippen LogP contribution in [0.4, 0.5) is 0 Å². The second-order valence-electron chi connectivity index (χ2n) is 0.289. The molecule has 0 saturated heterocycles. The summed E-state index contributed by atoms with van der Waals surface area (Å²) in [7, 11) is 0. The van der Waals surface area contributed by atoms with Gasteiger partial charge in [0, 0.05) is 0 Å². The van der Waals surface area contributed by atoms with E-state index < -0.39 is 0 Å². The van der Waals surface area contributed by atoms with Crippen molar-refractivity contribution in [1.29, 1.82) is 0 Å². The van der Waals surface area contributed by atoms with E-state index in [0.29, 0.717) is 0 Å². The van der Waals surface area contributed by atoms with E-state index in [9.17, 15) is 0 Å². The van der Waals surface area contributed by atoms with Crippen molar-refractivity contribution in [2.45, 2.75) is 6.92 Å². The molecule has 0 aliphatic heterocycles. The van der Waals surface area contributed by atoms with Crippen molar-refractivity contribution in [3.05, 3.63) is 0 Å². The van der Waals surface area contributed by atoms with Crippen LogP contribution in [0.5, 0.6) is 0 Å². The SMILES string of the molecule is CC[O][AlH3-].[Li+]. The van der Waals surface area contributed by atoms with Gasteiger partial charge < -0.3 is 3.79 Å². The van der Waals surface area contributed by atoms with E-state index in [1.807, 2.05) is 6.92 Å². The van der Waals surface area contributed by atoms with Crippen molar-refractivity contribution in [2.75, 3.05) is 6.61 Å². The second kappa shape index (κ2) is 8.92. The molecule has 26 valence electrons. The molecule has 0 aliphatic rings. The van der Waals surface area contributed by atoms with Gasteiger partial charge in [0.1, 0.15) is 0 Å². The Bertz CT molecular complexity index is 11.6. The smallest absolute Gasteiger partial charge is 0.665 e. The molecule has 0 rings (SSSR count). The molecule has 0 unspecified atom stereocenters. The third-order valence-corrected chi connectivity index (χ3v) is 0. The number of hydrogen-bond acceptors (Lipinski definition) is 1. The predicted molar refractivity (Wildman–Crippen MR) is 21.6 cm³/mol. The molecule has 0 aromatic rings. The van der Waals surface area contributed by atoms with Crippen LogP contribution >= 0.6 is 0 Å². The standard InChI is InChI=1S/C2H5O.Al.Li.3H/c1-2-3;;;;;/h2H2,1H3;;;;;/q-1;;+1;;;. The molecule has 0 bridgehead atoms. The van der Waals surface area contributed by atoms with E-state index in [1.165, 1.54) is 0 Å². The second-order valence-corrected chi connectivity index (χ2v) is 0.289. The Morgan fingerprint density at radius 2 is 2.00 bits per heavy atom. The largest absolute Gasteiger partial charge is 1.00 e. The Morgan fingerprint density at radius 3 is 2.00 bits per heavy atom. The number of rotatable bonds is 1. The van der Waals surface area contributed by atoms with Gasteiger partial charge in [0.05, 0.1) is 0 Å². The molecule has 0 saturated carbocycles. The molecule has 0 spiro atoms. The van der Waals surface area contributed by atoms with Gasteiger partial charge in [-0.1, -0.05) is 0 Å². The molecular weight excluding hydrogens is 73.9 g/mol. The molecule has 0 amide bonds. The van der Waals surface area contributed by atoms with E-state index in [0.717, 1.165) is 6.61 Å². The predicted octanol–water partition coefficient (Wildman–Crippen LogP) is -3.69. The molecule has 5 heavy (non-hydrogen) atoms. The topological polar surface area (TPSA) is 9.23 Å². The normalized spacial score (nSPS) is 6.60. The molecule has 0 atom stereocenters. The van der Waals surface area contributed by atoms with Gasteiger partial charge in [-0.05, 0) is 13.5 Å². The number of hydrogen-bond donors (Lipinski definition) is 0. The quantitative estimate of drug-likeness (QED) is 0.296. The van der Waals surface area contributed by atoms with Crippen LogP contribution in [0.25, 0.3) is 0 Å². The average Bonchev–Trinajstić information content (AvgIpc) is 1.37. The van der Waals surface area contributed by atoms with Crippen molar-refractivity contribution < 1.29 is 22.6 Å². The van der Waals surface area contributed by atoms with Crippen molar-refractivity contribution >= 4 is 16.6 Å². The Hall–Kier alpha value is 1.09. The Kier molecular flexibility index (Phi) is 16.8. The van der Waals surface area contributed by atoms with Crippen LogP contribution in [-0.4, -0.2) is 23.2 Å². The van der Waals surface area contributed by atoms with E-state index in [4.69, 9.17) is 3.79 Å². The third kappa shape index (κ3) is 11.1. The van der Waals surface area contributed by atoms with E-state index in [-0.39, 0.29) is 35.5 Å². The molecular formula is C2H8AlLiO. The van der Waals surface area contributed by atoms with Crippen LogP contribution in [0, 0.1) is 0 Å². The van der Waals surface area contributed by atoms with Gasteiger partial charge in [0.25, 0.3) is 0 Å².